The second-order valence-corrected chi connectivity index (χ2v) is 5.51. The molecule has 1 aromatic heterocycles. The third-order valence-corrected chi connectivity index (χ3v) is 2.41. The minimum absolute atomic E-state index is 0.108. The number of amides is 2. The van der Waals surface area contributed by atoms with E-state index in [-0.39, 0.29) is 35.7 Å². The molecule has 0 spiro atoms. The minimum Gasteiger partial charge on any atom is -0.478 e. The molecule has 1 aromatic rings. The van der Waals surface area contributed by atoms with E-state index in [9.17, 15) is 14.4 Å². The Balaban J connectivity index is 2.56. The highest BCUT2D eigenvalue weighted by atomic mass is 16.4. The van der Waals surface area contributed by atoms with Gasteiger partial charge in [-0.15, -0.1) is 0 Å². The Morgan fingerprint density at radius 1 is 1.29 bits per heavy atom. The monoisotopic (exact) mass is 293 g/mol. The van der Waals surface area contributed by atoms with Crippen molar-refractivity contribution in [2.45, 2.75) is 32.7 Å². The quantitative estimate of drug-likeness (QED) is 0.744. The van der Waals surface area contributed by atoms with Crippen LogP contribution in [0.5, 0.6) is 0 Å². The summed E-state index contributed by atoms with van der Waals surface area (Å²) in [6, 6.07) is 2.74. The predicted octanol–water partition coefficient (Wildman–Crippen LogP) is 0.814. The largest absolute Gasteiger partial charge is 0.478 e. The molecule has 0 aliphatic heterocycles. The van der Waals surface area contributed by atoms with Crippen molar-refractivity contribution in [3.05, 3.63) is 29.6 Å². The maximum absolute atomic E-state index is 11.9. The number of aromatic nitrogens is 1. The first kappa shape index (κ1) is 16.6. The number of rotatable bonds is 5. The summed E-state index contributed by atoms with van der Waals surface area (Å²) >= 11 is 0. The molecule has 7 heteroatoms. The summed E-state index contributed by atoms with van der Waals surface area (Å²) in [4.78, 5) is 38.2. The molecule has 0 aromatic carbocycles. The van der Waals surface area contributed by atoms with Crippen molar-refractivity contribution in [1.82, 2.24) is 15.6 Å². The van der Waals surface area contributed by atoms with Crippen LogP contribution in [0.3, 0.4) is 0 Å². The number of carboxylic acids is 1. The van der Waals surface area contributed by atoms with Crippen molar-refractivity contribution >= 4 is 17.8 Å². The number of carbonyl (C=O) groups is 3. The molecule has 1 rings (SSSR count). The number of hydrogen-bond acceptors (Lipinski definition) is 4. The first-order valence-corrected chi connectivity index (χ1v) is 6.48. The maximum atomic E-state index is 11.9. The zero-order valence-corrected chi connectivity index (χ0v) is 12.3. The average Bonchev–Trinajstić information content (AvgIpc) is 2.36. The Labute approximate surface area is 122 Å². The highest BCUT2D eigenvalue weighted by molar-refractivity contribution is 6.03. The van der Waals surface area contributed by atoms with Gasteiger partial charge in [0.05, 0.1) is 5.56 Å². The number of nitrogens with zero attached hydrogens (tertiary/aromatic N) is 1. The number of aromatic carboxylic acids is 1. The first-order valence-electron chi connectivity index (χ1n) is 6.48. The van der Waals surface area contributed by atoms with E-state index >= 15 is 0 Å². The average molecular weight is 293 g/mol. The molecular weight excluding hydrogens is 274 g/mol. The predicted molar refractivity (Wildman–Crippen MR) is 76.0 cm³/mol. The normalized spacial score (nSPS) is 10.8. The van der Waals surface area contributed by atoms with Crippen LogP contribution in [0.25, 0.3) is 0 Å². The van der Waals surface area contributed by atoms with Crippen LogP contribution < -0.4 is 10.6 Å². The van der Waals surface area contributed by atoms with Gasteiger partial charge in [-0.05, 0) is 32.9 Å². The summed E-state index contributed by atoms with van der Waals surface area (Å²) in [5.41, 5.74) is -0.672. The Morgan fingerprint density at radius 2 is 1.95 bits per heavy atom. The summed E-state index contributed by atoms with van der Waals surface area (Å²) in [7, 11) is 0. The summed E-state index contributed by atoms with van der Waals surface area (Å²) in [5, 5.41) is 14.2. The van der Waals surface area contributed by atoms with Crippen LogP contribution in [0.4, 0.5) is 0 Å². The van der Waals surface area contributed by atoms with Crippen molar-refractivity contribution in [3.8, 4) is 0 Å². The molecule has 1 heterocycles. The maximum Gasteiger partial charge on any atom is 0.338 e. The van der Waals surface area contributed by atoms with Crippen molar-refractivity contribution < 1.29 is 19.5 Å². The first-order chi connectivity index (χ1) is 9.70. The van der Waals surface area contributed by atoms with E-state index in [2.05, 4.69) is 15.6 Å². The van der Waals surface area contributed by atoms with E-state index in [0.717, 1.165) is 0 Å². The van der Waals surface area contributed by atoms with E-state index in [1.807, 2.05) is 20.8 Å². The molecule has 0 aliphatic carbocycles. The molecule has 0 unspecified atom stereocenters. The molecule has 114 valence electrons. The van der Waals surface area contributed by atoms with Crippen molar-refractivity contribution in [1.29, 1.82) is 0 Å². The summed E-state index contributed by atoms with van der Waals surface area (Å²) in [6.07, 6.45) is 1.45. The topological polar surface area (TPSA) is 108 Å². The van der Waals surface area contributed by atoms with Gasteiger partial charge >= 0.3 is 5.97 Å². The van der Waals surface area contributed by atoms with Crippen molar-refractivity contribution in [3.63, 3.8) is 0 Å². The van der Waals surface area contributed by atoms with E-state index in [0.29, 0.717) is 0 Å². The number of pyridine rings is 1. The molecule has 0 saturated heterocycles. The zero-order chi connectivity index (χ0) is 16.0. The van der Waals surface area contributed by atoms with Gasteiger partial charge in [0.2, 0.25) is 5.91 Å². The highest BCUT2D eigenvalue weighted by Crippen LogP contribution is 2.05. The lowest BCUT2D eigenvalue weighted by Gasteiger charge is -2.20. The standard InChI is InChI=1S/C14H19N3O4/c1-14(2,3)17-10(18)6-8-16-12(19)11-9(13(20)21)5-4-7-15-11/h4-5,7H,6,8H2,1-3H3,(H,16,19)(H,17,18)(H,20,21). The molecule has 3 N–H and O–H groups in total. The van der Waals surface area contributed by atoms with E-state index in [1.165, 1.54) is 18.3 Å². The van der Waals surface area contributed by atoms with Crippen LogP contribution >= 0.6 is 0 Å². The van der Waals surface area contributed by atoms with Gasteiger partial charge in [-0.1, -0.05) is 0 Å². The summed E-state index contributed by atoms with van der Waals surface area (Å²) in [6.45, 7) is 5.68. The fourth-order valence-corrected chi connectivity index (χ4v) is 1.61. The second kappa shape index (κ2) is 6.83. The van der Waals surface area contributed by atoms with Crippen molar-refractivity contribution in [2.75, 3.05) is 6.54 Å². The molecular formula is C14H19N3O4. The number of hydrogen-bond donors (Lipinski definition) is 3. The Bertz CT molecular complexity index is 549. The molecule has 2 amide bonds. The molecule has 0 atom stereocenters. The lowest BCUT2D eigenvalue weighted by Crippen LogP contribution is -2.42. The number of carboxylic acid groups (broad SMARTS) is 1. The lowest BCUT2D eigenvalue weighted by molar-refractivity contribution is -0.122. The zero-order valence-electron chi connectivity index (χ0n) is 12.3. The molecule has 0 bridgehead atoms. The summed E-state index contributed by atoms with van der Waals surface area (Å²) < 4.78 is 0. The van der Waals surface area contributed by atoms with Gasteiger partial charge in [0.1, 0.15) is 5.69 Å². The van der Waals surface area contributed by atoms with E-state index in [4.69, 9.17) is 5.11 Å². The Kier molecular flexibility index (Phi) is 5.40. The van der Waals surface area contributed by atoms with E-state index < -0.39 is 11.9 Å². The smallest absolute Gasteiger partial charge is 0.338 e. The van der Waals surface area contributed by atoms with Crippen LogP contribution in [0, 0.1) is 0 Å². The van der Waals surface area contributed by atoms with Gasteiger partial charge in [0, 0.05) is 24.7 Å². The van der Waals surface area contributed by atoms with Gasteiger partial charge in [-0.2, -0.15) is 0 Å². The second-order valence-electron chi connectivity index (χ2n) is 5.51. The van der Waals surface area contributed by atoms with Crippen molar-refractivity contribution in [2.24, 2.45) is 0 Å². The molecule has 7 nitrogen and oxygen atoms in total. The van der Waals surface area contributed by atoms with Crippen LogP contribution in [0.1, 0.15) is 48.0 Å². The van der Waals surface area contributed by atoms with Crippen LogP contribution in [0.2, 0.25) is 0 Å². The molecule has 0 saturated carbocycles. The molecule has 0 aliphatic rings. The Morgan fingerprint density at radius 3 is 2.52 bits per heavy atom. The van der Waals surface area contributed by atoms with E-state index in [1.54, 1.807) is 0 Å². The number of nitrogens with one attached hydrogen (secondary N) is 2. The molecule has 0 radical (unpaired) electrons. The van der Waals surface area contributed by atoms with Crippen LogP contribution in [0.15, 0.2) is 18.3 Å². The highest BCUT2D eigenvalue weighted by Gasteiger charge is 2.18. The fraction of sp³-hybridized carbons (Fsp3) is 0.429. The van der Waals surface area contributed by atoms with Gasteiger partial charge in [0.25, 0.3) is 5.91 Å². The Hall–Kier alpha value is -2.44. The minimum atomic E-state index is -1.22. The number of carbonyl (C=O) groups excluding carboxylic acids is 2. The molecule has 21 heavy (non-hydrogen) atoms. The lowest BCUT2D eigenvalue weighted by atomic mass is 10.1. The van der Waals surface area contributed by atoms with Crippen LogP contribution in [-0.4, -0.2) is 40.0 Å². The third kappa shape index (κ3) is 5.60. The van der Waals surface area contributed by atoms with Gasteiger partial charge in [-0.3, -0.25) is 14.6 Å². The fourth-order valence-electron chi connectivity index (χ4n) is 1.61. The van der Waals surface area contributed by atoms with Gasteiger partial charge in [-0.25, -0.2) is 4.79 Å². The summed E-state index contributed by atoms with van der Waals surface area (Å²) in [5.74, 6) is -2.03. The van der Waals surface area contributed by atoms with Gasteiger partial charge in [0.15, 0.2) is 0 Å². The SMILES string of the molecule is CC(C)(C)NC(=O)CCNC(=O)c1ncccc1C(=O)O. The third-order valence-electron chi connectivity index (χ3n) is 2.41. The van der Waals surface area contributed by atoms with Gasteiger partial charge < -0.3 is 15.7 Å². The molecule has 0 fully saturated rings. The van der Waals surface area contributed by atoms with Crippen LogP contribution in [-0.2, 0) is 4.79 Å².